The molecule has 0 aliphatic carbocycles. The number of H-pyrrole nitrogens is 1. The van der Waals surface area contributed by atoms with E-state index in [9.17, 15) is 19.2 Å². The lowest BCUT2D eigenvalue weighted by molar-refractivity contribution is -0.146. The van der Waals surface area contributed by atoms with Gasteiger partial charge >= 0.3 is 6.03 Å². The summed E-state index contributed by atoms with van der Waals surface area (Å²) < 4.78 is 0. The first-order valence-corrected chi connectivity index (χ1v) is 8.47. The second-order valence-corrected chi connectivity index (χ2v) is 6.10. The van der Waals surface area contributed by atoms with Crippen molar-refractivity contribution in [2.24, 2.45) is 5.92 Å². The number of hydrogen-bond acceptors (Lipinski definition) is 4. The molecule has 7 heteroatoms. The van der Waals surface area contributed by atoms with E-state index in [-0.39, 0.29) is 6.54 Å². The van der Waals surface area contributed by atoms with Crippen molar-refractivity contribution < 1.29 is 19.2 Å². The number of aromatic nitrogens is 1. The molecule has 4 amide bonds. The van der Waals surface area contributed by atoms with Gasteiger partial charge in [-0.2, -0.15) is 0 Å². The van der Waals surface area contributed by atoms with Crippen LogP contribution in [0.3, 0.4) is 0 Å². The minimum atomic E-state index is -1.52. The summed E-state index contributed by atoms with van der Waals surface area (Å²) in [5, 5.41) is 3.02. The van der Waals surface area contributed by atoms with Crippen molar-refractivity contribution in [1.82, 2.24) is 15.2 Å². The molecule has 1 fully saturated rings. The summed E-state index contributed by atoms with van der Waals surface area (Å²) >= 11 is 0. The molecule has 26 heavy (non-hydrogen) atoms. The number of benzene rings is 1. The number of carbonyl (C=O) groups is 4. The summed E-state index contributed by atoms with van der Waals surface area (Å²) in [7, 11) is 0. The fraction of sp³-hybridized carbons (Fsp3) is 0.263. The number of hydrogen-bond donors (Lipinski definition) is 2. The van der Waals surface area contributed by atoms with Gasteiger partial charge in [0, 0.05) is 23.6 Å². The van der Waals surface area contributed by atoms with Crippen LogP contribution in [0.2, 0.25) is 0 Å². The van der Waals surface area contributed by atoms with E-state index in [0.717, 1.165) is 27.8 Å². The van der Waals surface area contributed by atoms with Crippen LogP contribution in [0.15, 0.2) is 36.5 Å². The van der Waals surface area contributed by atoms with Crippen molar-refractivity contribution in [2.75, 3.05) is 6.54 Å². The highest BCUT2D eigenvalue weighted by Gasteiger charge is 2.43. The van der Waals surface area contributed by atoms with Crippen LogP contribution in [-0.2, 0) is 14.4 Å². The van der Waals surface area contributed by atoms with Crippen molar-refractivity contribution in [3.8, 4) is 0 Å². The van der Waals surface area contributed by atoms with E-state index in [1.165, 1.54) is 6.08 Å². The number of barbiturate groups is 1. The van der Waals surface area contributed by atoms with Gasteiger partial charge in [0.15, 0.2) is 11.7 Å². The Morgan fingerprint density at radius 1 is 1.23 bits per heavy atom. The van der Waals surface area contributed by atoms with Crippen molar-refractivity contribution in [2.45, 2.75) is 19.8 Å². The molecular weight excluding hydrogens is 334 g/mol. The van der Waals surface area contributed by atoms with Crippen LogP contribution in [-0.4, -0.2) is 40.1 Å². The van der Waals surface area contributed by atoms with Gasteiger partial charge in [-0.05, 0) is 30.2 Å². The molecule has 134 valence electrons. The van der Waals surface area contributed by atoms with Gasteiger partial charge in [0.2, 0.25) is 5.91 Å². The SMILES string of the molecule is CCCCN1C(=O)NC(=O)C(C(=O)/C=C/c2c[nH]c3ccccc23)C1=O. The minimum absolute atomic E-state index is 0.185. The molecule has 0 saturated carbocycles. The molecule has 1 saturated heterocycles. The van der Waals surface area contributed by atoms with E-state index in [4.69, 9.17) is 0 Å². The fourth-order valence-corrected chi connectivity index (χ4v) is 2.89. The number of amides is 4. The van der Waals surface area contributed by atoms with Crippen molar-refractivity contribution in [3.63, 3.8) is 0 Å². The third-order valence-electron chi connectivity index (χ3n) is 4.32. The maximum atomic E-state index is 12.5. The summed E-state index contributed by atoms with van der Waals surface area (Å²) in [4.78, 5) is 52.8. The predicted molar refractivity (Wildman–Crippen MR) is 96.0 cm³/mol. The Hall–Kier alpha value is -3.22. The Kier molecular flexibility index (Phi) is 4.97. The van der Waals surface area contributed by atoms with Gasteiger partial charge in [-0.1, -0.05) is 31.5 Å². The zero-order valence-corrected chi connectivity index (χ0v) is 14.3. The zero-order valence-electron chi connectivity index (χ0n) is 14.3. The largest absolute Gasteiger partial charge is 0.361 e. The molecule has 2 aromatic rings. The summed E-state index contributed by atoms with van der Waals surface area (Å²) in [6.45, 7) is 2.11. The molecule has 1 aromatic carbocycles. The molecule has 1 aromatic heterocycles. The van der Waals surface area contributed by atoms with Crippen LogP contribution < -0.4 is 5.32 Å². The average Bonchev–Trinajstić information content (AvgIpc) is 3.03. The molecule has 1 aliphatic rings. The smallest absolute Gasteiger partial charge is 0.330 e. The molecule has 3 rings (SSSR count). The highest BCUT2D eigenvalue weighted by Crippen LogP contribution is 2.20. The first-order chi connectivity index (χ1) is 12.5. The van der Waals surface area contributed by atoms with E-state index in [0.29, 0.717) is 6.42 Å². The van der Waals surface area contributed by atoms with E-state index in [1.54, 1.807) is 12.3 Å². The van der Waals surface area contributed by atoms with E-state index >= 15 is 0 Å². The lowest BCUT2D eigenvalue weighted by Crippen LogP contribution is -2.59. The highest BCUT2D eigenvalue weighted by molar-refractivity contribution is 6.29. The van der Waals surface area contributed by atoms with E-state index < -0.39 is 29.5 Å². The summed E-state index contributed by atoms with van der Waals surface area (Å²) in [5.74, 6) is -3.81. The number of allylic oxidation sites excluding steroid dienone is 1. The van der Waals surface area contributed by atoms with Crippen LogP contribution >= 0.6 is 0 Å². The third kappa shape index (κ3) is 3.28. The number of urea groups is 1. The lowest BCUT2D eigenvalue weighted by atomic mass is 9.98. The van der Waals surface area contributed by atoms with Gasteiger partial charge in [-0.25, -0.2) is 4.79 Å². The van der Waals surface area contributed by atoms with Gasteiger partial charge in [0.05, 0.1) is 0 Å². The number of nitrogens with zero attached hydrogens (tertiary/aromatic N) is 1. The quantitative estimate of drug-likeness (QED) is 0.614. The highest BCUT2D eigenvalue weighted by atomic mass is 16.2. The molecule has 1 unspecified atom stereocenters. The Morgan fingerprint density at radius 3 is 2.77 bits per heavy atom. The summed E-state index contributed by atoms with van der Waals surface area (Å²) in [6.07, 6.45) is 5.91. The maximum Gasteiger partial charge on any atom is 0.330 e. The van der Waals surface area contributed by atoms with Crippen LogP contribution in [0.4, 0.5) is 4.79 Å². The predicted octanol–water partition coefficient (Wildman–Crippen LogP) is 2.24. The normalized spacial score (nSPS) is 18.0. The van der Waals surface area contributed by atoms with Crippen LogP contribution in [0, 0.1) is 5.92 Å². The van der Waals surface area contributed by atoms with Crippen LogP contribution in [0.5, 0.6) is 0 Å². The second-order valence-electron chi connectivity index (χ2n) is 6.10. The maximum absolute atomic E-state index is 12.5. The molecule has 7 nitrogen and oxygen atoms in total. The van der Waals surface area contributed by atoms with E-state index in [1.807, 2.05) is 31.2 Å². The second kappa shape index (κ2) is 7.35. The van der Waals surface area contributed by atoms with Gasteiger partial charge < -0.3 is 4.98 Å². The topological polar surface area (TPSA) is 99.3 Å². The zero-order chi connectivity index (χ0) is 18.7. The molecule has 2 N–H and O–H groups in total. The molecule has 1 atom stereocenters. The number of aromatic amines is 1. The number of unbranched alkanes of at least 4 members (excludes halogenated alkanes) is 1. The van der Waals surface area contributed by atoms with Crippen molar-refractivity contribution in [3.05, 3.63) is 42.1 Å². The van der Waals surface area contributed by atoms with Gasteiger partial charge in [0.1, 0.15) is 0 Å². The van der Waals surface area contributed by atoms with Crippen molar-refractivity contribution >= 4 is 40.6 Å². The summed E-state index contributed by atoms with van der Waals surface area (Å²) in [6, 6.07) is 6.82. The number of carbonyl (C=O) groups excluding carboxylic acids is 4. The number of para-hydroxylation sites is 1. The Bertz CT molecular complexity index is 912. The first-order valence-electron chi connectivity index (χ1n) is 8.47. The first kappa shape index (κ1) is 17.6. The minimum Gasteiger partial charge on any atom is -0.361 e. The average molecular weight is 353 g/mol. The molecule has 2 heterocycles. The third-order valence-corrected chi connectivity index (χ3v) is 4.32. The Labute approximate surface area is 150 Å². The number of ketones is 1. The number of fused-ring (bicyclic) bond motifs is 1. The molecule has 0 spiro atoms. The van der Waals surface area contributed by atoms with E-state index in [2.05, 4.69) is 10.3 Å². The molecular formula is C19H19N3O4. The van der Waals surface area contributed by atoms with Crippen LogP contribution in [0.1, 0.15) is 25.3 Å². The molecule has 0 radical (unpaired) electrons. The molecule has 1 aliphatic heterocycles. The standard InChI is InChI=1S/C19H19N3O4/c1-2-3-10-22-18(25)16(17(24)21-19(22)26)15(23)9-8-12-11-20-14-7-5-4-6-13(12)14/h4-9,11,16,20H,2-3,10H2,1H3,(H,21,24,26)/b9-8+. The summed E-state index contributed by atoms with van der Waals surface area (Å²) in [5.41, 5.74) is 1.69. The molecule has 0 bridgehead atoms. The van der Waals surface area contributed by atoms with Crippen molar-refractivity contribution in [1.29, 1.82) is 0 Å². The number of rotatable bonds is 6. The van der Waals surface area contributed by atoms with Gasteiger partial charge in [0.25, 0.3) is 5.91 Å². The monoisotopic (exact) mass is 353 g/mol. The Morgan fingerprint density at radius 2 is 2.00 bits per heavy atom. The van der Waals surface area contributed by atoms with Crippen LogP contribution in [0.25, 0.3) is 17.0 Å². The fourth-order valence-electron chi connectivity index (χ4n) is 2.89. The Balaban J connectivity index is 1.80. The lowest BCUT2D eigenvalue weighted by Gasteiger charge is -2.28. The number of nitrogens with one attached hydrogen (secondary N) is 2. The number of imide groups is 2. The van der Waals surface area contributed by atoms with Gasteiger partial charge in [-0.15, -0.1) is 0 Å². The van der Waals surface area contributed by atoms with Gasteiger partial charge in [-0.3, -0.25) is 24.6 Å².